The van der Waals surface area contributed by atoms with Crippen molar-refractivity contribution in [1.82, 2.24) is 14.5 Å². The summed E-state index contributed by atoms with van der Waals surface area (Å²) in [6.45, 7) is 3.20. The standard InChI is InChI=1S/C17H21N3O2S/c1-13-12-23-17(18-13)14-6-2-5-10-20(14)16(22)8-11-19-9-4-3-7-15(19)21/h3-4,7,9,12,14H,2,5-6,8,10-11H2,1H3/t14-/m0/s1. The molecule has 122 valence electrons. The third-order valence-corrected chi connectivity index (χ3v) is 5.27. The highest BCUT2D eigenvalue weighted by molar-refractivity contribution is 7.09. The molecular weight excluding hydrogens is 310 g/mol. The molecule has 0 spiro atoms. The van der Waals surface area contributed by atoms with Crippen molar-refractivity contribution in [3.8, 4) is 0 Å². The third-order valence-electron chi connectivity index (χ3n) is 4.21. The molecule has 1 atom stereocenters. The van der Waals surface area contributed by atoms with E-state index in [1.165, 1.54) is 6.07 Å². The van der Waals surface area contributed by atoms with Crippen LogP contribution < -0.4 is 5.56 Å². The first-order chi connectivity index (χ1) is 11.1. The van der Waals surface area contributed by atoms with Gasteiger partial charge in [-0.1, -0.05) is 6.07 Å². The molecule has 5 nitrogen and oxygen atoms in total. The van der Waals surface area contributed by atoms with E-state index < -0.39 is 0 Å². The maximum Gasteiger partial charge on any atom is 0.250 e. The van der Waals surface area contributed by atoms with E-state index in [2.05, 4.69) is 4.98 Å². The molecule has 0 radical (unpaired) electrons. The van der Waals surface area contributed by atoms with E-state index in [1.807, 2.05) is 23.3 Å². The molecule has 23 heavy (non-hydrogen) atoms. The van der Waals surface area contributed by atoms with Gasteiger partial charge in [0.05, 0.1) is 6.04 Å². The van der Waals surface area contributed by atoms with Gasteiger partial charge in [-0.15, -0.1) is 11.3 Å². The lowest BCUT2D eigenvalue weighted by atomic mass is 10.0. The van der Waals surface area contributed by atoms with E-state index in [1.54, 1.807) is 28.2 Å². The number of piperidine rings is 1. The highest BCUT2D eigenvalue weighted by Gasteiger charge is 2.29. The van der Waals surface area contributed by atoms with E-state index in [9.17, 15) is 9.59 Å². The predicted octanol–water partition coefficient (Wildman–Crippen LogP) is 2.76. The van der Waals surface area contributed by atoms with Gasteiger partial charge in [-0.2, -0.15) is 0 Å². The van der Waals surface area contributed by atoms with Gasteiger partial charge < -0.3 is 9.47 Å². The maximum absolute atomic E-state index is 12.7. The van der Waals surface area contributed by atoms with Gasteiger partial charge in [-0.3, -0.25) is 9.59 Å². The van der Waals surface area contributed by atoms with Crippen LogP contribution in [0, 0.1) is 6.92 Å². The van der Waals surface area contributed by atoms with Crippen LogP contribution in [0.5, 0.6) is 0 Å². The molecule has 0 unspecified atom stereocenters. The summed E-state index contributed by atoms with van der Waals surface area (Å²) in [5.41, 5.74) is 0.949. The predicted molar refractivity (Wildman–Crippen MR) is 90.5 cm³/mol. The number of hydrogen-bond acceptors (Lipinski definition) is 4. The number of hydrogen-bond donors (Lipinski definition) is 0. The number of carbonyl (C=O) groups is 1. The van der Waals surface area contributed by atoms with E-state index in [0.717, 1.165) is 36.5 Å². The second-order valence-corrected chi connectivity index (χ2v) is 6.80. The quantitative estimate of drug-likeness (QED) is 0.865. The average molecular weight is 331 g/mol. The van der Waals surface area contributed by atoms with Crippen LogP contribution in [0.4, 0.5) is 0 Å². The lowest BCUT2D eigenvalue weighted by Crippen LogP contribution is -2.39. The Morgan fingerprint density at radius 2 is 2.26 bits per heavy atom. The SMILES string of the molecule is Cc1csc([C@@H]2CCCCN2C(=O)CCn2ccccc2=O)n1. The van der Waals surface area contributed by atoms with E-state index in [0.29, 0.717) is 13.0 Å². The zero-order chi connectivity index (χ0) is 16.2. The van der Waals surface area contributed by atoms with Crippen molar-refractivity contribution >= 4 is 17.2 Å². The maximum atomic E-state index is 12.7. The van der Waals surface area contributed by atoms with Crippen molar-refractivity contribution in [2.45, 2.75) is 45.2 Å². The van der Waals surface area contributed by atoms with Crippen LogP contribution in [0.2, 0.25) is 0 Å². The lowest BCUT2D eigenvalue weighted by Gasteiger charge is -2.34. The Balaban J connectivity index is 1.69. The Bertz CT molecular complexity index is 737. The molecule has 1 saturated heterocycles. The van der Waals surface area contributed by atoms with E-state index >= 15 is 0 Å². The molecule has 0 bridgehead atoms. The molecule has 0 saturated carbocycles. The molecular formula is C17H21N3O2S. The normalized spacial score (nSPS) is 18.1. The molecule has 3 rings (SSSR count). The fraction of sp³-hybridized carbons (Fsp3) is 0.471. The first-order valence-corrected chi connectivity index (χ1v) is 8.90. The lowest BCUT2D eigenvalue weighted by molar-refractivity contribution is -0.135. The molecule has 0 N–H and O–H groups in total. The fourth-order valence-electron chi connectivity index (χ4n) is 3.02. The van der Waals surface area contributed by atoms with Gasteiger partial charge in [-0.05, 0) is 32.3 Å². The third kappa shape index (κ3) is 3.69. The minimum absolute atomic E-state index is 0.0638. The summed E-state index contributed by atoms with van der Waals surface area (Å²) >= 11 is 1.63. The number of aryl methyl sites for hydroxylation is 2. The first kappa shape index (κ1) is 15.9. The van der Waals surface area contributed by atoms with Crippen LogP contribution in [-0.2, 0) is 11.3 Å². The topological polar surface area (TPSA) is 55.2 Å². The number of likely N-dealkylation sites (tertiary alicyclic amines) is 1. The second-order valence-electron chi connectivity index (χ2n) is 5.91. The Hall–Kier alpha value is -1.95. The van der Waals surface area contributed by atoms with Gasteiger partial charge in [0.1, 0.15) is 5.01 Å². The monoisotopic (exact) mass is 331 g/mol. The number of thiazole rings is 1. The van der Waals surface area contributed by atoms with Gasteiger partial charge >= 0.3 is 0 Å². The largest absolute Gasteiger partial charge is 0.333 e. The van der Waals surface area contributed by atoms with E-state index in [4.69, 9.17) is 0 Å². The Morgan fingerprint density at radius 1 is 1.39 bits per heavy atom. The minimum Gasteiger partial charge on any atom is -0.333 e. The Labute approximate surface area is 139 Å². The molecule has 6 heteroatoms. The number of pyridine rings is 1. The van der Waals surface area contributed by atoms with E-state index in [-0.39, 0.29) is 17.5 Å². The minimum atomic E-state index is -0.0638. The highest BCUT2D eigenvalue weighted by Crippen LogP contribution is 2.33. The zero-order valence-electron chi connectivity index (χ0n) is 13.3. The Morgan fingerprint density at radius 3 is 3.00 bits per heavy atom. The van der Waals surface area contributed by atoms with Crippen molar-refractivity contribution in [2.75, 3.05) is 6.54 Å². The summed E-state index contributed by atoms with van der Waals surface area (Å²) in [5, 5.41) is 3.07. The molecule has 1 aliphatic heterocycles. The summed E-state index contributed by atoms with van der Waals surface area (Å²) in [4.78, 5) is 30.9. The molecule has 0 aliphatic carbocycles. The molecule has 2 aromatic rings. The molecule has 1 amide bonds. The Kier molecular flexibility index (Phi) is 4.91. The average Bonchev–Trinajstić information content (AvgIpc) is 3.00. The summed E-state index contributed by atoms with van der Waals surface area (Å²) in [5.74, 6) is 0.110. The number of amides is 1. The summed E-state index contributed by atoms with van der Waals surface area (Å²) in [6.07, 6.45) is 5.23. The second kappa shape index (κ2) is 7.08. The van der Waals surface area contributed by atoms with Crippen LogP contribution >= 0.6 is 11.3 Å². The van der Waals surface area contributed by atoms with Crippen molar-refractivity contribution in [3.63, 3.8) is 0 Å². The summed E-state index contributed by atoms with van der Waals surface area (Å²) < 4.78 is 1.59. The van der Waals surface area contributed by atoms with Gasteiger partial charge in [0.2, 0.25) is 5.91 Å². The van der Waals surface area contributed by atoms with Crippen LogP contribution in [0.1, 0.15) is 42.4 Å². The van der Waals surface area contributed by atoms with Gasteiger partial charge in [0.25, 0.3) is 5.56 Å². The summed E-state index contributed by atoms with van der Waals surface area (Å²) in [6, 6.07) is 5.15. The highest BCUT2D eigenvalue weighted by atomic mass is 32.1. The van der Waals surface area contributed by atoms with Gasteiger partial charge in [0, 0.05) is 42.8 Å². The molecule has 0 aromatic carbocycles. The number of carbonyl (C=O) groups excluding carboxylic acids is 1. The number of aromatic nitrogens is 2. The molecule has 1 aliphatic rings. The smallest absolute Gasteiger partial charge is 0.250 e. The summed E-state index contributed by atoms with van der Waals surface area (Å²) in [7, 11) is 0. The van der Waals surface area contributed by atoms with Crippen LogP contribution in [0.3, 0.4) is 0 Å². The van der Waals surface area contributed by atoms with Crippen LogP contribution in [-0.4, -0.2) is 26.9 Å². The van der Waals surface area contributed by atoms with Crippen LogP contribution in [0.15, 0.2) is 34.6 Å². The molecule has 3 heterocycles. The fourth-order valence-corrected chi connectivity index (χ4v) is 3.96. The molecule has 2 aromatic heterocycles. The van der Waals surface area contributed by atoms with Crippen LogP contribution in [0.25, 0.3) is 0 Å². The van der Waals surface area contributed by atoms with Gasteiger partial charge in [-0.25, -0.2) is 4.98 Å². The van der Waals surface area contributed by atoms with Crippen molar-refractivity contribution < 1.29 is 4.79 Å². The number of nitrogens with zero attached hydrogens (tertiary/aromatic N) is 3. The van der Waals surface area contributed by atoms with Gasteiger partial charge in [0.15, 0.2) is 0 Å². The zero-order valence-corrected chi connectivity index (χ0v) is 14.1. The van der Waals surface area contributed by atoms with Crippen molar-refractivity contribution in [2.24, 2.45) is 0 Å². The molecule has 1 fully saturated rings. The van der Waals surface area contributed by atoms with Crippen molar-refractivity contribution in [1.29, 1.82) is 0 Å². The van der Waals surface area contributed by atoms with Crippen molar-refractivity contribution in [3.05, 3.63) is 50.8 Å². The first-order valence-electron chi connectivity index (χ1n) is 8.02. The number of rotatable bonds is 4.